The van der Waals surface area contributed by atoms with Crippen molar-refractivity contribution in [3.8, 4) is 0 Å². The molecule has 4 amide bonds. The van der Waals surface area contributed by atoms with Gasteiger partial charge in [0.1, 0.15) is 0 Å². The van der Waals surface area contributed by atoms with E-state index in [4.69, 9.17) is 4.74 Å². The molecule has 2 aromatic carbocycles. The van der Waals surface area contributed by atoms with Gasteiger partial charge in [-0.2, -0.15) is 0 Å². The van der Waals surface area contributed by atoms with Crippen LogP contribution in [0.25, 0.3) is 0 Å². The number of imide groups is 2. The van der Waals surface area contributed by atoms with E-state index in [-0.39, 0.29) is 12.2 Å². The molecule has 0 N–H and O–H groups in total. The molecule has 2 saturated heterocycles. The van der Waals surface area contributed by atoms with Crippen molar-refractivity contribution in [3.05, 3.63) is 70.8 Å². The Balaban J connectivity index is 1.55. The van der Waals surface area contributed by atoms with E-state index in [1.54, 1.807) is 57.2 Å². The zero-order chi connectivity index (χ0) is 28.0. The highest BCUT2D eigenvalue weighted by Gasteiger charge is 2.77. The minimum absolute atomic E-state index is 0.114. The first-order valence-corrected chi connectivity index (χ1v) is 13.3. The van der Waals surface area contributed by atoms with Gasteiger partial charge in [-0.3, -0.25) is 19.2 Å². The molecule has 3 aliphatic carbocycles. The van der Waals surface area contributed by atoms with Crippen molar-refractivity contribution >= 4 is 41.0 Å². The number of allylic oxidation sites excluding steroid dienone is 1. The largest absolute Gasteiger partial charge is 0.463 e. The number of benzene rings is 2. The van der Waals surface area contributed by atoms with Gasteiger partial charge in [-0.25, -0.2) is 14.6 Å². The Morgan fingerprint density at radius 1 is 0.769 bits per heavy atom. The molecule has 2 aliphatic heterocycles. The van der Waals surface area contributed by atoms with E-state index >= 15 is 0 Å². The van der Waals surface area contributed by atoms with Crippen LogP contribution >= 0.6 is 0 Å². The summed E-state index contributed by atoms with van der Waals surface area (Å²) in [5, 5.41) is 0. The Bertz CT molecular complexity index is 1430. The number of amides is 4. The number of nitrogens with zero attached hydrogens (tertiary/aromatic N) is 2. The molecule has 2 bridgehead atoms. The summed E-state index contributed by atoms with van der Waals surface area (Å²) in [5.74, 6) is -6.78. The van der Waals surface area contributed by atoms with Gasteiger partial charge < -0.3 is 4.74 Å². The van der Waals surface area contributed by atoms with Crippen molar-refractivity contribution in [2.45, 2.75) is 34.6 Å². The smallest absolute Gasteiger partial charge is 0.334 e. The average molecular weight is 527 g/mol. The average Bonchev–Trinajstić information content (AvgIpc) is 3.30. The molecule has 1 saturated carbocycles. The van der Waals surface area contributed by atoms with E-state index in [1.807, 2.05) is 26.0 Å². The van der Waals surface area contributed by atoms with Crippen LogP contribution in [0.3, 0.4) is 0 Å². The van der Waals surface area contributed by atoms with Crippen LogP contribution in [0.15, 0.2) is 59.7 Å². The highest BCUT2D eigenvalue weighted by atomic mass is 16.5. The zero-order valence-corrected chi connectivity index (χ0v) is 22.6. The van der Waals surface area contributed by atoms with Crippen molar-refractivity contribution in [1.82, 2.24) is 0 Å². The third kappa shape index (κ3) is 3.14. The number of anilines is 2. The van der Waals surface area contributed by atoms with Crippen molar-refractivity contribution in [3.63, 3.8) is 0 Å². The van der Waals surface area contributed by atoms with Gasteiger partial charge in [-0.15, -0.1) is 0 Å². The second-order valence-corrected chi connectivity index (χ2v) is 11.3. The molecule has 3 fully saturated rings. The summed E-state index contributed by atoms with van der Waals surface area (Å²) in [6.45, 7) is 8.99. The maximum atomic E-state index is 14.2. The molecule has 2 aromatic rings. The number of hydrogen-bond donors (Lipinski definition) is 0. The molecule has 5 aliphatic rings. The Labute approximate surface area is 226 Å². The molecule has 0 radical (unpaired) electrons. The van der Waals surface area contributed by atoms with Gasteiger partial charge in [-0.05, 0) is 63.1 Å². The Kier molecular flexibility index (Phi) is 5.47. The standard InChI is InChI=1S/C31H30N2O6/c1-6-39-30(38)23-17(4)20-21-24(28(36)32(26(21)34)18-11-7-9-15(2)13-18)31(23,5)25-22(20)27(35)33(29(25)37)19-12-8-10-16(3)14-19/h7-14,20-22,24-25H,6H2,1-5H3/t20?,21-,22-,24-,25-,31?/m1/s1. The fourth-order valence-corrected chi connectivity index (χ4v) is 7.85. The lowest BCUT2D eigenvalue weighted by Gasteiger charge is -2.55. The van der Waals surface area contributed by atoms with Crippen molar-refractivity contribution in [2.75, 3.05) is 16.4 Å². The van der Waals surface area contributed by atoms with Gasteiger partial charge in [0, 0.05) is 16.9 Å². The number of aryl methyl sites for hydroxylation is 2. The lowest BCUT2D eigenvalue weighted by Crippen LogP contribution is -2.61. The SMILES string of the molecule is CCOC(=O)C1=C(C)C2[C@H]3C(=O)N(c4cccc(C)c4)C(=O)[C@@H]3C1(C)[C@H]1C(=O)N(c3cccc(C)c3)C(=O)[C@H]21. The van der Waals surface area contributed by atoms with E-state index in [0.717, 1.165) is 11.1 Å². The molecular weight excluding hydrogens is 496 g/mol. The second kappa shape index (κ2) is 8.46. The summed E-state index contributed by atoms with van der Waals surface area (Å²) in [4.78, 5) is 72.3. The molecular formula is C31H30N2O6. The van der Waals surface area contributed by atoms with Crippen LogP contribution in [0.2, 0.25) is 0 Å². The third-order valence-electron chi connectivity index (χ3n) is 9.20. The first-order chi connectivity index (χ1) is 18.5. The number of carbonyl (C=O) groups is 5. The van der Waals surface area contributed by atoms with Crippen LogP contribution in [0, 0.1) is 48.9 Å². The van der Waals surface area contributed by atoms with E-state index < -0.39 is 64.6 Å². The molecule has 7 rings (SSSR count). The van der Waals surface area contributed by atoms with Crippen LogP contribution < -0.4 is 9.80 Å². The fraction of sp³-hybridized carbons (Fsp3) is 0.387. The quantitative estimate of drug-likeness (QED) is 0.444. The minimum Gasteiger partial charge on any atom is -0.463 e. The Morgan fingerprint density at radius 2 is 1.23 bits per heavy atom. The minimum atomic E-state index is -1.41. The second-order valence-electron chi connectivity index (χ2n) is 11.3. The summed E-state index contributed by atoms with van der Waals surface area (Å²) < 4.78 is 5.43. The zero-order valence-electron chi connectivity index (χ0n) is 22.6. The third-order valence-corrected chi connectivity index (χ3v) is 9.20. The first-order valence-electron chi connectivity index (χ1n) is 13.3. The molecule has 200 valence electrons. The van der Waals surface area contributed by atoms with Crippen LogP contribution in [-0.2, 0) is 28.7 Å². The van der Waals surface area contributed by atoms with Gasteiger partial charge in [0.15, 0.2) is 0 Å². The maximum Gasteiger partial charge on any atom is 0.334 e. The number of ether oxygens (including phenoxy) is 1. The molecule has 0 spiro atoms. The van der Waals surface area contributed by atoms with E-state index in [9.17, 15) is 24.0 Å². The molecule has 2 heterocycles. The van der Waals surface area contributed by atoms with E-state index in [1.165, 1.54) is 9.80 Å². The van der Waals surface area contributed by atoms with Gasteiger partial charge in [0.05, 0.1) is 41.7 Å². The lowest BCUT2D eigenvalue weighted by atomic mass is 9.43. The van der Waals surface area contributed by atoms with Crippen LogP contribution in [0.1, 0.15) is 31.9 Å². The Morgan fingerprint density at radius 3 is 1.64 bits per heavy atom. The Hall–Kier alpha value is -4.07. The highest BCUT2D eigenvalue weighted by molar-refractivity contribution is 6.27. The van der Waals surface area contributed by atoms with Crippen molar-refractivity contribution < 1.29 is 28.7 Å². The molecule has 8 nitrogen and oxygen atoms in total. The number of hydrogen-bond acceptors (Lipinski definition) is 6. The van der Waals surface area contributed by atoms with Gasteiger partial charge in [0.25, 0.3) is 0 Å². The highest BCUT2D eigenvalue weighted by Crippen LogP contribution is 2.68. The predicted molar refractivity (Wildman–Crippen MR) is 142 cm³/mol. The van der Waals surface area contributed by atoms with E-state index in [0.29, 0.717) is 16.9 Å². The molecule has 0 aromatic heterocycles. The number of esters is 1. The molecule has 0 unspecified atom stereocenters. The molecule has 8 heteroatoms. The summed E-state index contributed by atoms with van der Waals surface area (Å²) in [7, 11) is 0. The summed E-state index contributed by atoms with van der Waals surface area (Å²) >= 11 is 0. The number of rotatable bonds is 4. The summed E-state index contributed by atoms with van der Waals surface area (Å²) in [6.07, 6.45) is 0. The summed E-state index contributed by atoms with van der Waals surface area (Å²) in [5.41, 5.74) is 2.05. The van der Waals surface area contributed by atoms with Gasteiger partial charge in [-0.1, -0.05) is 36.8 Å². The maximum absolute atomic E-state index is 14.2. The van der Waals surface area contributed by atoms with Crippen LogP contribution in [0.4, 0.5) is 11.4 Å². The monoisotopic (exact) mass is 526 g/mol. The van der Waals surface area contributed by atoms with Crippen LogP contribution in [0.5, 0.6) is 0 Å². The molecule has 4 atom stereocenters. The van der Waals surface area contributed by atoms with Gasteiger partial charge in [0.2, 0.25) is 23.6 Å². The fourth-order valence-electron chi connectivity index (χ4n) is 7.85. The van der Waals surface area contributed by atoms with Crippen molar-refractivity contribution in [2.24, 2.45) is 35.0 Å². The lowest BCUT2D eigenvalue weighted by molar-refractivity contribution is -0.155. The topological polar surface area (TPSA) is 101 Å². The summed E-state index contributed by atoms with van der Waals surface area (Å²) in [6, 6.07) is 14.2. The molecule has 39 heavy (non-hydrogen) atoms. The van der Waals surface area contributed by atoms with Crippen LogP contribution in [-0.4, -0.2) is 36.2 Å². The number of carbonyl (C=O) groups excluding carboxylic acids is 5. The van der Waals surface area contributed by atoms with Gasteiger partial charge >= 0.3 is 5.97 Å². The predicted octanol–water partition coefficient (Wildman–Crippen LogP) is 3.74. The normalized spacial score (nSPS) is 31.3. The first kappa shape index (κ1) is 25.2. The van der Waals surface area contributed by atoms with Crippen molar-refractivity contribution in [1.29, 1.82) is 0 Å². The van der Waals surface area contributed by atoms with E-state index in [2.05, 4.69) is 0 Å².